The molecule has 1 aliphatic heterocycles. The average molecular weight is 367 g/mol. The zero-order chi connectivity index (χ0) is 19.3. The standard InChI is InChI=1S/C20H22FN5O/c1-12-7-14(9-15(21)8-12)19-16-5-6-26(11-18(16)23-25(19)4)20(27)17-10-22-24(3)13(17)2/h7-10H,5-6,11H2,1-4H3. The number of rotatable bonds is 2. The summed E-state index contributed by atoms with van der Waals surface area (Å²) >= 11 is 0. The van der Waals surface area contributed by atoms with Gasteiger partial charge in [-0.1, -0.05) is 0 Å². The Hall–Kier alpha value is -2.96. The second kappa shape index (κ2) is 6.33. The Balaban J connectivity index is 1.67. The van der Waals surface area contributed by atoms with Gasteiger partial charge in [-0.3, -0.25) is 14.2 Å². The predicted octanol–water partition coefficient (Wildman–Crippen LogP) is 2.78. The van der Waals surface area contributed by atoms with Crippen molar-refractivity contribution in [1.29, 1.82) is 0 Å². The Morgan fingerprint density at radius 1 is 1.15 bits per heavy atom. The number of aromatic nitrogens is 4. The van der Waals surface area contributed by atoms with E-state index in [-0.39, 0.29) is 11.7 Å². The van der Waals surface area contributed by atoms with Crippen LogP contribution in [0, 0.1) is 19.7 Å². The lowest BCUT2D eigenvalue weighted by atomic mass is 9.98. The maximum atomic E-state index is 13.9. The van der Waals surface area contributed by atoms with Crippen molar-refractivity contribution < 1.29 is 9.18 Å². The lowest BCUT2D eigenvalue weighted by Crippen LogP contribution is -2.36. The van der Waals surface area contributed by atoms with Gasteiger partial charge in [0.2, 0.25) is 0 Å². The average Bonchev–Trinajstić information content (AvgIpc) is 3.11. The summed E-state index contributed by atoms with van der Waals surface area (Å²) in [5.74, 6) is -0.278. The molecule has 0 aliphatic carbocycles. The molecule has 1 amide bonds. The largest absolute Gasteiger partial charge is 0.332 e. The van der Waals surface area contributed by atoms with Crippen LogP contribution >= 0.6 is 0 Å². The van der Waals surface area contributed by atoms with E-state index in [9.17, 15) is 9.18 Å². The maximum Gasteiger partial charge on any atom is 0.257 e. The van der Waals surface area contributed by atoms with Gasteiger partial charge in [-0.15, -0.1) is 0 Å². The molecule has 0 fully saturated rings. The minimum atomic E-state index is -0.250. The highest BCUT2D eigenvalue weighted by molar-refractivity contribution is 5.95. The van der Waals surface area contributed by atoms with Crippen molar-refractivity contribution >= 4 is 5.91 Å². The Kier molecular flexibility index (Phi) is 4.09. The summed E-state index contributed by atoms with van der Waals surface area (Å²) in [6, 6.07) is 5.03. The van der Waals surface area contributed by atoms with Crippen molar-refractivity contribution in [2.75, 3.05) is 6.54 Å². The van der Waals surface area contributed by atoms with Gasteiger partial charge in [0.1, 0.15) is 5.82 Å². The van der Waals surface area contributed by atoms with Gasteiger partial charge in [0.15, 0.2) is 0 Å². The van der Waals surface area contributed by atoms with Gasteiger partial charge in [0.05, 0.1) is 29.7 Å². The van der Waals surface area contributed by atoms with E-state index in [1.54, 1.807) is 26.5 Å². The van der Waals surface area contributed by atoms with Crippen LogP contribution in [0.3, 0.4) is 0 Å². The van der Waals surface area contributed by atoms with Crippen LogP contribution in [0.15, 0.2) is 24.4 Å². The molecule has 0 bridgehead atoms. The molecule has 3 aromatic rings. The summed E-state index contributed by atoms with van der Waals surface area (Å²) in [5, 5.41) is 8.78. The summed E-state index contributed by atoms with van der Waals surface area (Å²) in [6.45, 7) is 4.82. The number of fused-ring (bicyclic) bond motifs is 1. The van der Waals surface area contributed by atoms with E-state index < -0.39 is 0 Å². The van der Waals surface area contributed by atoms with Crippen LogP contribution in [-0.2, 0) is 27.1 Å². The van der Waals surface area contributed by atoms with E-state index in [4.69, 9.17) is 0 Å². The zero-order valence-corrected chi connectivity index (χ0v) is 16.0. The number of carbonyl (C=O) groups is 1. The Morgan fingerprint density at radius 2 is 1.93 bits per heavy atom. The summed E-state index contributed by atoms with van der Waals surface area (Å²) < 4.78 is 17.4. The van der Waals surface area contributed by atoms with Crippen LogP contribution in [0.1, 0.15) is 32.9 Å². The molecule has 27 heavy (non-hydrogen) atoms. The molecule has 1 aliphatic rings. The third kappa shape index (κ3) is 2.93. The zero-order valence-electron chi connectivity index (χ0n) is 16.0. The molecule has 0 radical (unpaired) electrons. The summed E-state index contributed by atoms with van der Waals surface area (Å²) in [5.41, 5.74) is 6.06. The molecule has 7 heteroatoms. The van der Waals surface area contributed by atoms with Crippen molar-refractivity contribution in [2.45, 2.75) is 26.8 Å². The fraction of sp³-hybridized carbons (Fsp3) is 0.350. The van der Waals surface area contributed by atoms with E-state index in [2.05, 4.69) is 10.2 Å². The monoisotopic (exact) mass is 367 g/mol. The van der Waals surface area contributed by atoms with Crippen LogP contribution in [0.25, 0.3) is 11.3 Å². The lowest BCUT2D eigenvalue weighted by Gasteiger charge is -2.26. The number of halogens is 1. The first-order valence-electron chi connectivity index (χ1n) is 8.95. The summed E-state index contributed by atoms with van der Waals surface area (Å²) in [7, 11) is 3.69. The Labute approximate surface area is 157 Å². The van der Waals surface area contributed by atoms with Gasteiger partial charge in [0, 0.05) is 37.5 Å². The number of aryl methyl sites for hydroxylation is 3. The number of amides is 1. The normalized spacial score (nSPS) is 13.7. The third-order valence-corrected chi connectivity index (χ3v) is 5.27. The fourth-order valence-corrected chi connectivity index (χ4v) is 3.81. The Bertz CT molecular complexity index is 1030. The van der Waals surface area contributed by atoms with E-state index in [0.717, 1.165) is 33.8 Å². The van der Waals surface area contributed by atoms with E-state index >= 15 is 0 Å². The van der Waals surface area contributed by atoms with Gasteiger partial charge < -0.3 is 4.90 Å². The molecular weight excluding hydrogens is 345 g/mol. The second-order valence-corrected chi connectivity index (χ2v) is 7.16. The number of benzene rings is 1. The van der Waals surface area contributed by atoms with Gasteiger partial charge in [-0.05, 0) is 44.0 Å². The van der Waals surface area contributed by atoms with Crippen LogP contribution in [-0.4, -0.2) is 36.9 Å². The highest BCUT2D eigenvalue weighted by atomic mass is 19.1. The lowest BCUT2D eigenvalue weighted by molar-refractivity contribution is 0.0731. The van der Waals surface area contributed by atoms with E-state index in [1.165, 1.54) is 6.07 Å². The van der Waals surface area contributed by atoms with Crippen molar-refractivity contribution in [3.8, 4) is 11.3 Å². The van der Waals surface area contributed by atoms with Gasteiger partial charge in [0.25, 0.3) is 5.91 Å². The second-order valence-electron chi connectivity index (χ2n) is 7.16. The first-order valence-corrected chi connectivity index (χ1v) is 8.95. The molecule has 2 aromatic heterocycles. The molecule has 0 saturated heterocycles. The molecule has 0 unspecified atom stereocenters. The number of nitrogens with zero attached hydrogens (tertiary/aromatic N) is 5. The first-order chi connectivity index (χ1) is 12.8. The minimum absolute atomic E-state index is 0.0277. The maximum absolute atomic E-state index is 13.9. The summed E-state index contributed by atoms with van der Waals surface area (Å²) in [4.78, 5) is 14.7. The van der Waals surface area contributed by atoms with Crippen molar-refractivity contribution in [1.82, 2.24) is 24.5 Å². The molecule has 4 rings (SSSR count). The number of hydrogen-bond donors (Lipinski definition) is 0. The van der Waals surface area contributed by atoms with Gasteiger partial charge in [-0.2, -0.15) is 10.2 Å². The molecule has 0 atom stereocenters. The summed E-state index contributed by atoms with van der Waals surface area (Å²) in [6.07, 6.45) is 2.31. The SMILES string of the molecule is Cc1cc(F)cc(-c2c3c(nn2C)CN(C(=O)c2cnn(C)c2C)CC3)c1. The molecule has 0 saturated carbocycles. The highest BCUT2D eigenvalue weighted by Crippen LogP contribution is 2.31. The van der Waals surface area contributed by atoms with Crippen LogP contribution in [0.4, 0.5) is 4.39 Å². The third-order valence-electron chi connectivity index (χ3n) is 5.27. The first kappa shape index (κ1) is 17.5. The predicted molar refractivity (Wildman–Crippen MR) is 99.7 cm³/mol. The fourth-order valence-electron chi connectivity index (χ4n) is 3.81. The van der Waals surface area contributed by atoms with Gasteiger partial charge >= 0.3 is 0 Å². The van der Waals surface area contributed by atoms with Gasteiger partial charge in [-0.25, -0.2) is 4.39 Å². The quantitative estimate of drug-likeness (QED) is 0.700. The molecule has 140 valence electrons. The van der Waals surface area contributed by atoms with Crippen LogP contribution in [0.2, 0.25) is 0 Å². The minimum Gasteiger partial charge on any atom is -0.332 e. The van der Waals surface area contributed by atoms with E-state index in [1.807, 2.05) is 34.0 Å². The number of carbonyl (C=O) groups excluding carboxylic acids is 1. The smallest absolute Gasteiger partial charge is 0.257 e. The molecule has 6 nitrogen and oxygen atoms in total. The van der Waals surface area contributed by atoms with Crippen molar-refractivity contribution in [3.63, 3.8) is 0 Å². The topological polar surface area (TPSA) is 56.0 Å². The van der Waals surface area contributed by atoms with Crippen molar-refractivity contribution in [2.24, 2.45) is 14.1 Å². The molecular formula is C20H22FN5O. The Morgan fingerprint density at radius 3 is 2.59 bits per heavy atom. The van der Waals surface area contributed by atoms with Crippen LogP contribution < -0.4 is 0 Å². The molecule has 3 heterocycles. The van der Waals surface area contributed by atoms with Crippen LogP contribution in [0.5, 0.6) is 0 Å². The molecule has 1 aromatic carbocycles. The molecule has 0 N–H and O–H groups in total. The highest BCUT2D eigenvalue weighted by Gasteiger charge is 2.29. The molecule has 0 spiro atoms. The van der Waals surface area contributed by atoms with E-state index in [0.29, 0.717) is 25.1 Å². The number of hydrogen-bond acceptors (Lipinski definition) is 3. The van der Waals surface area contributed by atoms with Crippen molar-refractivity contribution in [3.05, 3.63) is 58.3 Å².